The minimum Gasteiger partial charge on any atom is -0.360 e. The van der Waals surface area contributed by atoms with Gasteiger partial charge < -0.3 is 9.80 Å². The number of pyridine rings is 1. The van der Waals surface area contributed by atoms with Crippen molar-refractivity contribution in [3.05, 3.63) is 53.3 Å². The number of rotatable bonds is 2. The van der Waals surface area contributed by atoms with Gasteiger partial charge in [0.1, 0.15) is 5.15 Å². The van der Waals surface area contributed by atoms with E-state index in [2.05, 4.69) is 4.98 Å². The molecule has 0 unspecified atom stereocenters. The number of hydrogen-bond acceptors (Lipinski definition) is 3. The lowest BCUT2D eigenvalue weighted by molar-refractivity contribution is -0.117. The van der Waals surface area contributed by atoms with Crippen LogP contribution >= 0.6 is 11.6 Å². The Kier molecular flexibility index (Phi) is 3.80. The SMILES string of the molecule is Cc1cc(N2CCN(c3ccccc3)C(=O)C2)cc(Cl)n1. The van der Waals surface area contributed by atoms with Crippen LogP contribution in [0, 0.1) is 6.92 Å². The third kappa shape index (κ3) is 3.00. The first-order chi connectivity index (χ1) is 10.1. The van der Waals surface area contributed by atoms with Crippen LogP contribution in [0.25, 0.3) is 0 Å². The second kappa shape index (κ2) is 5.74. The van der Waals surface area contributed by atoms with Crippen LogP contribution in [0.15, 0.2) is 42.5 Å². The van der Waals surface area contributed by atoms with Crippen molar-refractivity contribution in [1.29, 1.82) is 0 Å². The van der Waals surface area contributed by atoms with Crippen molar-refractivity contribution < 1.29 is 4.79 Å². The Morgan fingerprint density at radius 1 is 1.10 bits per heavy atom. The zero-order valence-electron chi connectivity index (χ0n) is 11.8. The third-order valence-corrected chi connectivity index (χ3v) is 3.75. The lowest BCUT2D eigenvalue weighted by Crippen LogP contribution is -2.50. The van der Waals surface area contributed by atoms with Crippen LogP contribution in [0.3, 0.4) is 0 Å². The van der Waals surface area contributed by atoms with Crippen LogP contribution in [-0.2, 0) is 4.79 Å². The average molecular weight is 302 g/mol. The normalized spacial score (nSPS) is 15.4. The Labute approximate surface area is 129 Å². The van der Waals surface area contributed by atoms with Gasteiger partial charge in [0.25, 0.3) is 0 Å². The van der Waals surface area contributed by atoms with Gasteiger partial charge in [-0.15, -0.1) is 0 Å². The van der Waals surface area contributed by atoms with E-state index in [9.17, 15) is 4.79 Å². The molecule has 0 spiro atoms. The van der Waals surface area contributed by atoms with Crippen LogP contribution in [-0.4, -0.2) is 30.5 Å². The Hall–Kier alpha value is -2.07. The number of halogens is 1. The minimum absolute atomic E-state index is 0.0954. The highest BCUT2D eigenvalue weighted by molar-refractivity contribution is 6.29. The molecular formula is C16H16ClN3O. The summed E-state index contributed by atoms with van der Waals surface area (Å²) < 4.78 is 0. The zero-order chi connectivity index (χ0) is 14.8. The molecule has 0 N–H and O–H groups in total. The number of piperazine rings is 1. The molecule has 0 bridgehead atoms. The molecule has 2 heterocycles. The summed E-state index contributed by atoms with van der Waals surface area (Å²) in [4.78, 5) is 20.4. The van der Waals surface area contributed by atoms with Gasteiger partial charge in [-0.1, -0.05) is 29.8 Å². The number of amides is 1. The van der Waals surface area contributed by atoms with E-state index in [4.69, 9.17) is 11.6 Å². The van der Waals surface area contributed by atoms with Crippen molar-refractivity contribution in [2.24, 2.45) is 0 Å². The molecule has 21 heavy (non-hydrogen) atoms. The fourth-order valence-corrected chi connectivity index (χ4v) is 2.81. The van der Waals surface area contributed by atoms with Crippen molar-refractivity contribution in [3.63, 3.8) is 0 Å². The number of hydrogen-bond donors (Lipinski definition) is 0. The molecule has 3 rings (SSSR count). The molecule has 108 valence electrons. The fraction of sp³-hybridized carbons (Fsp3) is 0.250. The predicted octanol–water partition coefficient (Wildman–Crippen LogP) is 2.90. The van der Waals surface area contributed by atoms with Gasteiger partial charge in [0.2, 0.25) is 5.91 Å². The first-order valence-corrected chi connectivity index (χ1v) is 7.26. The fourth-order valence-electron chi connectivity index (χ4n) is 2.57. The van der Waals surface area contributed by atoms with Crippen molar-refractivity contribution in [1.82, 2.24) is 4.98 Å². The molecule has 0 saturated carbocycles. The van der Waals surface area contributed by atoms with E-state index >= 15 is 0 Å². The summed E-state index contributed by atoms with van der Waals surface area (Å²) in [5.41, 5.74) is 2.76. The van der Waals surface area contributed by atoms with Gasteiger partial charge in [0, 0.05) is 30.2 Å². The maximum Gasteiger partial charge on any atom is 0.246 e. The van der Waals surface area contributed by atoms with Crippen LogP contribution < -0.4 is 9.80 Å². The summed E-state index contributed by atoms with van der Waals surface area (Å²) in [6.45, 7) is 3.70. The van der Waals surface area contributed by atoms with Crippen molar-refractivity contribution in [3.8, 4) is 0 Å². The van der Waals surface area contributed by atoms with Crippen LogP contribution in [0.2, 0.25) is 5.15 Å². The highest BCUT2D eigenvalue weighted by Gasteiger charge is 2.25. The summed E-state index contributed by atoms with van der Waals surface area (Å²) in [7, 11) is 0. The van der Waals surface area contributed by atoms with E-state index in [0.717, 1.165) is 23.6 Å². The Balaban J connectivity index is 1.78. The molecule has 1 aliphatic heterocycles. The molecule has 1 aromatic carbocycles. The summed E-state index contributed by atoms with van der Waals surface area (Å²) in [6.07, 6.45) is 0. The van der Waals surface area contributed by atoms with Gasteiger partial charge in [-0.3, -0.25) is 4.79 Å². The number of aryl methyl sites for hydroxylation is 1. The summed E-state index contributed by atoms with van der Waals surface area (Å²) in [5.74, 6) is 0.0954. The molecule has 0 atom stereocenters. The van der Waals surface area contributed by atoms with Gasteiger partial charge in [-0.25, -0.2) is 4.98 Å². The standard InChI is InChI=1S/C16H16ClN3O/c1-12-9-14(10-15(17)18-12)19-7-8-20(16(21)11-19)13-5-3-2-4-6-13/h2-6,9-10H,7-8,11H2,1H3. The number of carbonyl (C=O) groups is 1. The quantitative estimate of drug-likeness (QED) is 0.800. The number of aromatic nitrogens is 1. The molecule has 1 aromatic heterocycles. The van der Waals surface area contributed by atoms with E-state index in [-0.39, 0.29) is 5.91 Å². The number of benzene rings is 1. The van der Waals surface area contributed by atoms with Gasteiger partial charge in [0.15, 0.2) is 0 Å². The van der Waals surface area contributed by atoms with Crippen LogP contribution in [0.1, 0.15) is 5.69 Å². The molecule has 5 heteroatoms. The maximum absolute atomic E-state index is 12.4. The van der Waals surface area contributed by atoms with Crippen LogP contribution in [0.4, 0.5) is 11.4 Å². The Bertz CT molecular complexity index is 640. The summed E-state index contributed by atoms with van der Waals surface area (Å²) >= 11 is 6.00. The molecule has 0 aliphatic carbocycles. The molecule has 1 saturated heterocycles. The van der Waals surface area contributed by atoms with Gasteiger partial charge in [0.05, 0.1) is 6.54 Å². The van der Waals surface area contributed by atoms with Gasteiger partial charge >= 0.3 is 0 Å². The monoisotopic (exact) mass is 301 g/mol. The van der Waals surface area contributed by atoms with Gasteiger partial charge in [-0.2, -0.15) is 0 Å². The molecule has 0 radical (unpaired) electrons. The minimum atomic E-state index is 0.0954. The Morgan fingerprint density at radius 2 is 1.86 bits per heavy atom. The zero-order valence-corrected chi connectivity index (χ0v) is 12.5. The Morgan fingerprint density at radius 3 is 2.52 bits per heavy atom. The predicted molar refractivity (Wildman–Crippen MR) is 85.0 cm³/mol. The van der Waals surface area contributed by atoms with Crippen molar-refractivity contribution >= 4 is 28.9 Å². The molecular weight excluding hydrogens is 286 g/mol. The molecule has 4 nitrogen and oxygen atoms in total. The van der Waals surface area contributed by atoms with Crippen LogP contribution in [0.5, 0.6) is 0 Å². The van der Waals surface area contributed by atoms with E-state index < -0.39 is 0 Å². The number of anilines is 2. The molecule has 2 aromatic rings. The topological polar surface area (TPSA) is 36.4 Å². The van der Waals surface area contributed by atoms with E-state index in [1.807, 2.05) is 53.1 Å². The highest BCUT2D eigenvalue weighted by atomic mass is 35.5. The number of carbonyl (C=O) groups excluding carboxylic acids is 1. The van der Waals surface area contributed by atoms with E-state index in [0.29, 0.717) is 18.2 Å². The second-order valence-electron chi connectivity index (χ2n) is 5.09. The highest BCUT2D eigenvalue weighted by Crippen LogP contribution is 2.23. The second-order valence-corrected chi connectivity index (χ2v) is 5.48. The number of nitrogens with zero attached hydrogens (tertiary/aromatic N) is 3. The summed E-state index contributed by atoms with van der Waals surface area (Å²) in [6, 6.07) is 13.5. The molecule has 1 amide bonds. The van der Waals surface area contributed by atoms with E-state index in [1.54, 1.807) is 6.07 Å². The lowest BCUT2D eigenvalue weighted by atomic mass is 10.2. The third-order valence-electron chi connectivity index (χ3n) is 3.56. The lowest BCUT2D eigenvalue weighted by Gasteiger charge is -2.35. The average Bonchev–Trinajstić information content (AvgIpc) is 2.47. The van der Waals surface area contributed by atoms with Crippen molar-refractivity contribution in [2.75, 3.05) is 29.4 Å². The smallest absolute Gasteiger partial charge is 0.246 e. The van der Waals surface area contributed by atoms with Gasteiger partial charge in [-0.05, 0) is 31.2 Å². The molecule has 1 fully saturated rings. The number of para-hydroxylation sites is 1. The summed E-state index contributed by atoms with van der Waals surface area (Å²) in [5, 5.41) is 0.461. The first-order valence-electron chi connectivity index (χ1n) is 6.88. The largest absolute Gasteiger partial charge is 0.360 e. The molecule has 1 aliphatic rings. The van der Waals surface area contributed by atoms with Crippen molar-refractivity contribution in [2.45, 2.75) is 6.92 Å². The van der Waals surface area contributed by atoms with E-state index in [1.165, 1.54) is 0 Å². The first kappa shape index (κ1) is 13.9. The maximum atomic E-state index is 12.4.